The molecule has 1 aromatic carbocycles. The molecule has 4 heterocycles. The number of pyridine rings is 1. The van der Waals surface area contributed by atoms with Crippen LogP contribution in [-0.2, 0) is 6.54 Å². The van der Waals surface area contributed by atoms with Crippen molar-refractivity contribution in [3.05, 3.63) is 65.2 Å². The van der Waals surface area contributed by atoms with Crippen molar-refractivity contribution in [1.82, 2.24) is 30.3 Å². The Labute approximate surface area is 210 Å². The van der Waals surface area contributed by atoms with Gasteiger partial charge < -0.3 is 20.3 Å². The molecule has 2 aliphatic heterocycles. The van der Waals surface area contributed by atoms with E-state index in [-0.39, 0.29) is 30.4 Å². The molecule has 0 radical (unpaired) electrons. The summed E-state index contributed by atoms with van der Waals surface area (Å²) in [4.78, 5) is 30.8. The van der Waals surface area contributed by atoms with Crippen LogP contribution < -0.4 is 15.4 Å². The molecule has 2 saturated heterocycles. The first kappa shape index (κ1) is 24.0. The van der Waals surface area contributed by atoms with Gasteiger partial charge in [-0.2, -0.15) is 13.9 Å². The summed E-state index contributed by atoms with van der Waals surface area (Å²) in [6, 6.07) is 8.54. The Morgan fingerprint density at radius 3 is 2.83 bits per heavy atom. The predicted octanol–water partition coefficient (Wildman–Crippen LogP) is 3.86. The Hall–Kier alpha value is -3.73. The fourth-order valence-electron chi connectivity index (χ4n) is 4.40. The summed E-state index contributed by atoms with van der Waals surface area (Å²) in [5, 5.41) is 9.94. The minimum absolute atomic E-state index is 0.0188. The number of urea groups is 1. The number of halogens is 3. The third-order valence-electron chi connectivity index (χ3n) is 6.29. The van der Waals surface area contributed by atoms with E-state index >= 15 is 0 Å². The Balaban J connectivity index is 1.37. The Morgan fingerprint density at radius 1 is 1.28 bits per heavy atom. The van der Waals surface area contributed by atoms with Crippen LogP contribution in [0.4, 0.5) is 13.6 Å². The van der Waals surface area contributed by atoms with Gasteiger partial charge in [0, 0.05) is 67.1 Å². The summed E-state index contributed by atoms with van der Waals surface area (Å²) in [6.45, 7) is -1.43. The van der Waals surface area contributed by atoms with Crippen LogP contribution in [0.1, 0.15) is 35.4 Å². The van der Waals surface area contributed by atoms with Crippen LogP contribution in [0.5, 0.6) is 5.75 Å². The minimum atomic E-state index is -2.79. The van der Waals surface area contributed by atoms with E-state index in [2.05, 4.69) is 20.7 Å². The molecule has 3 aromatic rings. The number of nitrogens with one attached hydrogen (secondary N) is 2. The molecule has 36 heavy (non-hydrogen) atoms. The van der Waals surface area contributed by atoms with E-state index < -0.39 is 12.5 Å². The van der Waals surface area contributed by atoms with Crippen molar-refractivity contribution in [1.29, 1.82) is 0 Å². The van der Waals surface area contributed by atoms with E-state index in [9.17, 15) is 18.4 Å². The average Bonchev–Trinajstić information content (AvgIpc) is 3.51. The van der Waals surface area contributed by atoms with Gasteiger partial charge in [0.2, 0.25) is 0 Å². The highest BCUT2D eigenvalue weighted by Crippen LogP contribution is 2.33. The third kappa shape index (κ3) is 5.11. The maximum absolute atomic E-state index is 13.1. The smallest absolute Gasteiger partial charge is 0.333 e. The molecule has 0 saturated carbocycles. The quantitative estimate of drug-likeness (QED) is 0.496. The lowest BCUT2D eigenvalue weighted by Gasteiger charge is -2.34. The van der Waals surface area contributed by atoms with Gasteiger partial charge in [-0.25, -0.2) is 9.48 Å². The highest BCUT2D eigenvalue weighted by atomic mass is 35.5. The largest absolute Gasteiger partial charge is 0.489 e. The maximum atomic E-state index is 13.1. The van der Waals surface area contributed by atoms with Crippen molar-refractivity contribution in [3.63, 3.8) is 0 Å². The number of benzene rings is 1. The van der Waals surface area contributed by atoms with E-state index in [1.165, 1.54) is 24.7 Å². The zero-order valence-electron chi connectivity index (χ0n) is 19.0. The number of hydrogen-bond acceptors (Lipinski definition) is 5. The average molecular weight is 517 g/mol. The van der Waals surface area contributed by atoms with Gasteiger partial charge in [0.15, 0.2) is 0 Å². The van der Waals surface area contributed by atoms with E-state index in [4.69, 9.17) is 16.3 Å². The summed E-state index contributed by atoms with van der Waals surface area (Å²) in [7, 11) is 0. The third-order valence-corrected chi connectivity index (χ3v) is 6.54. The zero-order valence-corrected chi connectivity index (χ0v) is 19.8. The number of carbonyl (C=O) groups is 2. The second-order valence-electron chi connectivity index (χ2n) is 8.66. The van der Waals surface area contributed by atoms with Gasteiger partial charge in [-0.1, -0.05) is 23.7 Å². The summed E-state index contributed by atoms with van der Waals surface area (Å²) in [5.41, 5.74) is 1.83. The van der Waals surface area contributed by atoms with Gasteiger partial charge in [-0.15, -0.1) is 0 Å². The van der Waals surface area contributed by atoms with E-state index in [0.29, 0.717) is 52.5 Å². The van der Waals surface area contributed by atoms with Crippen molar-refractivity contribution >= 4 is 23.5 Å². The van der Waals surface area contributed by atoms with E-state index in [0.717, 1.165) is 5.56 Å². The Bertz CT molecular complexity index is 1270. The lowest BCUT2D eigenvalue weighted by molar-refractivity contribution is 0.0566. The van der Waals surface area contributed by atoms with Crippen LogP contribution in [0.2, 0.25) is 5.02 Å². The first-order valence-electron chi connectivity index (χ1n) is 11.4. The summed E-state index contributed by atoms with van der Waals surface area (Å²) >= 11 is 5.91. The van der Waals surface area contributed by atoms with Crippen LogP contribution in [0, 0.1) is 0 Å². The first-order valence-corrected chi connectivity index (χ1v) is 11.8. The number of carbonyl (C=O) groups excluding carboxylic acids is 2. The molecule has 5 rings (SSSR count). The standard InChI is InChI=1S/C24H23ClF2N6O3/c25-16-3-1-14(2-4-16)9-29-22(34)20-8-21(19(12-28-20)15-10-31-33(13-15)23(26)27)36-18-5-6-32-17(7-18)11-30-24(32)35/h1-4,8,10,12-13,17-18,23H,5-7,9,11H2,(H,29,34)(H,30,35)/t17-,18-/m0/s1. The van der Waals surface area contributed by atoms with Crippen molar-refractivity contribution in [2.75, 3.05) is 13.1 Å². The molecule has 12 heteroatoms. The zero-order chi connectivity index (χ0) is 25.2. The molecule has 0 bridgehead atoms. The number of rotatable bonds is 7. The second kappa shape index (κ2) is 10.1. The van der Waals surface area contributed by atoms with Gasteiger partial charge in [0.05, 0.1) is 12.2 Å². The number of ether oxygens (including phenoxy) is 1. The normalized spacial score (nSPS) is 19.2. The van der Waals surface area contributed by atoms with Crippen molar-refractivity contribution < 1.29 is 23.1 Å². The van der Waals surface area contributed by atoms with Gasteiger partial charge in [-0.05, 0) is 17.7 Å². The molecule has 2 atom stereocenters. The highest BCUT2D eigenvalue weighted by molar-refractivity contribution is 6.30. The van der Waals surface area contributed by atoms with Crippen LogP contribution in [-0.4, -0.2) is 56.8 Å². The minimum Gasteiger partial charge on any atom is -0.489 e. The molecule has 0 unspecified atom stereocenters. The van der Waals surface area contributed by atoms with Gasteiger partial charge >= 0.3 is 12.6 Å². The first-order chi connectivity index (χ1) is 17.4. The molecule has 2 aromatic heterocycles. The maximum Gasteiger partial charge on any atom is 0.333 e. The molecule has 0 aliphatic carbocycles. The Kier molecular flexibility index (Phi) is 6.73. The molecule has 3 amide bonds. The fraction of sp³-hybridized carbons (Fsp3) is 0.333. The predicted molar refractivity (Wildman–Crippen MR) is 127 cm³/mol. The molecule has 188 valence electrons. The highest BCUT2D eigenvalue weighted by Gasteiger charge is 2.37. The molecule has 9 nitrogen and oxygen atoms in total. The van der Waals surface area contributed by atoms with Crippen LogP contribution in [0.3, 0.4) is 0 Å². The molecular formula is C24H23ClF2N6O3. The molecule has 0 spiro atoms. The van der Waals surface area contributed by atoms with E-state index in [1.807, 2.05) is 12.1 Å². The summed E-state index contributed by atoms with van der Waals surface area (Å²) < 4.78 is 33.0. The number of piperidine rings is 1. The van der Waals surface area contributed by atoms with Crippen molar-refractivity contribution in [2.45, 2.75) is 38.1 Å². The van der Waals surface area contributed by atoms with Gasteiger partial charge in [-0.3, -0.25) is 9.78 Å². The SMILES string of the molecule is O=C(NCc1ccc(Cl)cc1)c1cc(O[C@H]2CCN3C(=O)NC[C@@H]3C2)c(-c2cnn(C(F)F)c2)cn1. The number of nitrogens with zero attached hydrogens (tertiary/aromatic N) is 4. The monoisotopic (exact) mass is 516 g/mol. The number of fused-ring (bicyclic) bond motifs is 1. The Morgan fingerprint density at radius 2 is 2.08 bits per heavy atom. The lowest BCUT2D eigenvalue weighted by Crippen LogP contribution is -2.44. The summed E-state index contributed by atoms with van der Waals surface area (Å²) in [5.74, 6) is -0.0729. The summed E-state index contributed by atoms with van der Waals surface area (Å²) in [6.07, 6.45) is 4.91. The number of amides is 3. The number of hydrogen-bond donors (Lipinski definition) is 2. The number of aromatic nitrogens is 3. The number of alkyl halides is 2. The molecule has 2 N–H and O–H groups in total. The van der Waals surface area contributed by atoms with Crippen molar-refractivity contribution in [2.24, 2.45) is 0 Å². The topological polar surface area (TPSA) is 101 Å². The lowest BCUT2D eigenvalue weighted by atomic mass is 10.0. The molecule has 2 fully saturated rings. The molecular weight excluding hydrogens is 494 g/mol. The van der Waals surface area contributed by atoms with Crippen LogP contribution in [0.25, 0.3) is 11.1 Å². The molecule has 2 aliphatic rings. The van der Waals surface area contributed by atoms with Gasteiger partial charge in [0.1, 0.15) is 17.5 Å². The fourth-order valence-corrected chi connectivity index (χ4v) is 4.53. The van der Waals surface area contributed by atoms with Gasteiger partial charge in [0.25, 0.3) is 5.91 Å². The van der Waals surface area contributed by atoms with Crippen LogP contribution >= 0.6 is 11.6 Å². The van der Waals surface area contributed by atoms with E-state index in [1.54, 1.807) is 17.0 Å². The van der Waals surface area contributed by atoms with Crippen LogP contribution in [0.15, 0.2) is 48.9 Å². The van der Waals surface area contributed by atoms with Crippen molar-refractivity contribution in [3.8, 4) is 16.9 Å². The second-order valence-corrected chi connectivity index (χ2v) is 9.10.